The second kappa shape index (κ2) is 7.58. The van der Waals surface area contributed by atoms with Gasteiger partial charge in [0.2, 0.25) is 5.91 Å². The molecule has 0 bridgehead atoms. The van der Waals surface area contributed by atoms with Gasteiger partial charge in [-0.1, -0.05) is 32.0 Å². The molecule has 124 valence electrons. The van der Waals surface area contributed by atoms with Crippen molar-refractivity contribution in [2.24, 2.45) is 5.92 Å². The monoisotopic (exact) mass is 312 g/mol. The van der Waals surface area contributed by atoms with Crippen molar-refractivity contribution < 1.29 is 4.79 Å². The van der Waals surface area contributed by atoms with Crippen LogP contribution >= 0.6 is 0 Å². The highest BCUT2D eigenvalue weighted by Crippen LogP contribution is 2.22. The van der Waals surface area contributed by atoms with Crippen molar-refractivity contribution in [3.8, 4) is 0 Å². The first-order valence-electron chi connectivity index (χ1n) is 8.52. The number of aromatic nitrogens is 1. The fraction of sp³-hybridized carbons (Fsp3) is 0.500. The lowest BCUT2D eigenvalue weighted by Gasteiger charge is -2.17. The van der Waals surface area contributed by atoms with Crippen LogP contribution in [0.2, 0.25) is 0 Å². The van der Waals surface area contributed by atoms with Crippen LogP contribution < -0.4 is 5.32 Å². The van der Waals surface area contributed by atoms with Crippen molar-refractivity contribution in [2.75, 3.05) is 0 Å². The predicted molar refractivity (Wildman–Crippen MR) is 96.6 cm³/mol. The summed E-state index contributed by atoms with van der Waals surface area (Å²) in [5.41, 5.74) is 4.17. The van der Waals surface area contributed by atoms with Crippen LogP contribution in [0.3, 0.4) is 0 Å². The summed E-state index contributed by atoms with van der Waals surface area (Å²) in [5.74, 6) is 0.757. The number of nitrogens with zero attached hydrogens (tertiary/aromatic N) is 1. The second-order valence-corrected chi connectivity index (χ2v) is 6.93. The molecule has 1 aromatic carbocycles. The van der Waals surface area contributed by atoms with Crippen LogP contribution in [0.15, 0.2) is 24.3 Å². The average molecular weight is 312 g/mol. The number of benzene rings is 1. The quantitative estimate of drug-likeness (QED) is 0.862. The molecular formula is C20H28N2O. The molecule has 1 N–H and O–H groups in total. The largest absolute Gasteiger partial charge is 0.353 e. The van der Waals surface area contributed by atoms with Crippen LogP contribution in [0.25, 0.3) is 10.9 Å². The molecule has 1 atom stereocenters. The molecule has 2 rings (SSSR count). The number of aryl methyl sites for hydroxylation is 2. The number of para-hydroxylation sites is 1. The van der Waals surface area contributed by atoms with Crippen LogP contribution in [0.1, 0.15) is 50.4 Å². The lowest BCUT2D eigenvalue weighted by Crippen LogP contribution is -2.34. The number of carbonyl (C=O) groups excluding carboxylic acids is 1. The first kappa shape index (κ1) is 17.5. The van der Waals surface area contributed by atoms with Crippen LogP contribution in [0.5, 0.6) is 0 Å². The molecule has 0 saturated carbocycles. The third-order valence-corrected chi connectivity index (χ3v) is 4.41. The van der Waals surface area contributed by atoms with Crippen molar-refractivity contribution >= 4 is 16.8 Å². The molecule has 1 aromatic heterocycles. The first-order valence-corrected chi connectivity index (χ1v) is 8.52. The van der Waals surface area contributed by atoms with E-state index >= 15 is 0 Å². The third kappa shape index (κ3) is 4.54. The Morgan fingerprint density at radius 1 is 1.13 bits per heavy atom. The van der Waals surface area contributed by atoms with Crippen LogP contribution in [0.4, 0.5) is 0 Å². The van der Waals surface area contributed by atoms with E-state index in [1.54, 1.807) is 0 Å². The van der Waals surface area contributed by atoms with Gasteiger partial charge in [-0.25, -0.2) is 0 Å². The Morgan fingerprint density at radius 2 is 1.83 bits per heavy atom. The molecule has 3 nitrogen and oxygen atoms in total. The van der Waals surface area contributed by atoms with E-state index in [2.05, 4.69) is 44.1 Å². The van der Waals surface area contributed by atoms with E-state index in [0.29, 0.717) is 12.3 Å². The number of fused-ring (bicyclic) bond motifs is 1. The minimum atomic E-state index is 0.0875. The Labute approximate surface area is 139 Å². The smallest absolute Gasteiger partial charge is 0.224 e. The highest BCUT2D eigenvalue weighted by atomic mass is 16.1. The molecule has 2 aromatic rings. The van der Waals surface area contributed by atoms with Gasteiger partial charge >= 0.3 is 0 Å². The predicted octanol–water partition coefficient (Wildman–Crippen LogP) is 4.34. The van der Waals surface area contributed by atoms with Crippen LogP contribution in [-0.2, 0) is 11.2 Å². The molecule has 0 aliphatic carbocycles. The molecule has 23 heavy (non-hydrogen) atoms. The molecule has 1 heterocycles. The van der Waals surface area contributed by atoms with Gasteiger partial charge in [0.25, 0.3) is 0 Å². The van der Waals surface area contributed by atoms with E-state index < -0.39 is 0 Å². The van der Waals surface area contributed by atoms with Gasteiger partial charge in [0, 0.05) is 17.1 Å². The maximum atomic E-state index is 12.4. The normalized spacial score (nSPS) is 12.6. The van der Waals surface area contributed by atoms with Gasteiger partial charge in [-0.15, -0.1) is 0 Å². The third-order valence-electron chi connectivity index (χ3n) is 4.41. The molecule has 3 heteroatoms. The number of hydrogen-bond acceptors (Lipinski definition) is 2. The van der Waals surface area contributed by atoms with Gasteiger partial charge in [0.1, 0.15) is 0 Å². The maximum absolute atomic E-state index is 12.4. The highest BCUT2D eigenvalue weighted by molar-refractivity contribution is 5.86. The molecule has 0 aliphatic rings. The molecular weight excluding hydrogens is 284 g/mol. The number of nitrogens with one attached hydrogen (secondary N) is 1. The lowest BCUT2D eigenvalue weighted by molar-refractivity contribution is -0.121. The number of pyridine rings is 1. The van der Waals surface area contributed by atoms with Gasteiger partial charge in [-0.3, -0.25) is 9.78 Å². The van der Waals surface area contributed by atoms with Crippen molar-refractivity contribution in [3.05, 3.63) is 41.1 Å². The molecule has 0 saturated heterocycles. The van der Waals surface area contributed by atoms with Gasteiger partial charge in [-0.2, -0.15) is 0 Å². The Bertz CT molecular complexity index is 691. The Kier molecular flexibility index (Phi) is 5.75. The van der Waals surface area contributed by atoms with E-state index in [1.165, 1.54) is 0 Å². The molecule has 0 aliphatic heterocycles. The summed E-state index contributed by atoms with van der Waals surface area (Å²) in [6.45, 7) is 10.6. The zero-order chi connectivity index (χ0) is 17.0. The summed E-state index contributed by atoms with van der Waals surface area (Å²) in [4.78, 5) is 17.0. The fourth-order valence-electron chi connectivity index (χ4n) is 2.97. The van der Waals surface area contributed by atoms with E-state index in [0.717, 1.165) is 40.6 Å². The summed E-state index contributed by atoms with van der Waals surface area (Å²) in [6, 6.07) is 8.33. The number of rotatable bonds is 6. The van der Waals surface area contributed by atoms with Crippen molar-refractivity contribution in [3.63, 3.8) is 0 Å². The minimum absolute atomic E-state index is 0.0875. The Hall–Kier alpha value is -1.90. The summed E-state index contributed by atoms with van der Waals surface area (Å²) < 4.78 is 0. The fourth-order valence-corrected chi connectivity index (χ4v) is 2.97. The van der Waals surface area contributed by atoms with Crippen molar-refractivity contribution in [1.82, 2.24) is 10.3 Å². The number of hydrogen-bond donors (Lipinski definition) is 1. The standard InChI is InChI=1S/C20H28N2O/c1-13(2)10-11-14(3)21-20(23)12-18-15(4)17-8-6-7-9-19(17)22-16(18)5/h6-9,13-14H,10-12H2,1-5H3,(H,21,23). The van der Waals surface area contributed by atoms with E-state index in [9.17, 15) is 4.79 Å². The topological polar surface area (TPSA) is 42.0 Å². The van der Waals surface area contributed by atoms with Crippen molar-refractivity contribution in [2.45, 2.75) is 59.9 Å². The first-order chi connectivity index (χ1) is 10.9. The Balaban J connectivity index is 2.10. The molecule has 1 unspecified atom stereocenters. The van der Waals surface area contributed by atoms with Gasteiger partial charge in [0.05, 0.1) is 11.9 Å². The second-order valence-electron chi connectivity index (χ2n) is 6.93. The van der Waals surface area contributed by atoms with Gasteiger partial charge < -0.3 is 5.32 Å². The molecule has 0 radical (unpaired) electrons. The van der Waals surface area contributed by atoms with Gasteiger partial charge in [-0.05, 0) is 56.7 Å². The summed E-state index contributed by atoms with van der Waals surface area (Å²) in [7, 11) is 0. The van der Waals surface area contributed by atoms with E-state index in [1.807, 2.05) is 25.1 Å². The highest BCUT2D eigenvalue weighted by Gasteiger charge is 2.14. The molecule has 0 fully saturated rings. The molecule has 0 spiro atoms. The van der Waals surface area contributed by atoms with E-state index in [-0.39, 0.29) is 11.9 Å². The summed E-state index contributed by atoms with van der Waals surface area (Å²) >= 11 is 0. The van der Waals surface area contributed by atoms with Crippen molar-refractivity contribution in [1.29, 1.82) is 0 Å². The minimum Gasteiger partial charge on any atom is -0.353 e. The summed E-state index contributed by atoms with van der Waals surface area (Å²) in [5, 5.41) is 4.25. The van der Waals surface area contributed by atoms with Gasteiger partial charge in [0.15, 0.2) is 0 Å². The van der Waals surface area contributed by atoms with E-state index in [4.69, 9.17) is 0 Å². The molecule has 1 amide bonds. The zero-order valence-electron chi connectivity index (χ0n) is 14.9. The SMILES string of the molecule is Cc1nc2ccccc2c(C)c1CC(=O)NC(C)CCC(C)C. The maximum Gasteiger partial charge on any atom is 0.224 e. The lowest BCUT2D eigenvalue weighted by atomic mass is 9.99. The van der Waals surface area contributed by atoms with Crippen LogP contribution in [0, 0.1) is 19.8 Å². The number of carbonyl (C=O) groups is 1. The average Bonchev–Trinajstić information content (AvgIpc) is 2.49. The zero-order valence-corrected chi connectivity index (χ0v) is 14.9. The van der Waals surface area contributed by atoms with Crippen LogP contribution in [-0.4, -0.2) is 16.9 Å². The Morgan fingerprint density at radius 3 is 2.52 bits per heavy atom. The summed E-state index contributed by atoms with van der Waals surface area (Å²) in [6.07, 6.45) is 2.57. The number of amides is 1.